The fourth-order valence-electron chi connectivity index (χ4n) is 3.61. The van der Waals surface area contributed by atoms with Crippen LogP contribution in [0.5, 0.6) is 5.75 Å². The largest absolute Gasteiger partial charge is 0.488 e. The van der Waals surface area contributed by atoms with Gasteiger partial charge in [0.05, 0.1) is 11.8 Å². The van der Waals surface area contributed by atoms with Crippen LogP contribution in [0.15, 0.2) is 39.9 Å². The minimum absolute atomic E-state index is 0.0732. The average Bonchev–Trinajstić information content (AvgIpc) is 3.25. The Kier molecular flexibility index (Phi) is 6.11. The predicted molar refractivity (Wildman–Crippen MR) is 107 cm³/mol. The molecule has 2 aliphatic heterocycles. The standard InChI is InChI=1S/C21H27FN4O2/c22-16-12-15-5-6-17(28-20(15)18(13-16)19-4-1-11-27-19)14-23-7-2-8-24-21-25-9-3-10-26-21/h1,4,11-13,17,23H,2-3,5-10,14H2,(H2,24,25,26). The Balaban J connectivity index is 1.26. The maximum Gasteiger partial charge on any atom is 0.191 e. The monoisotopic (exact) mass is 386 g/mol. The molecule has 0 radical (unpaired) electrons. The lowest BCUT2D eigenvalue weighted by atomic mass is 9.97. The number of nitrogens with zero attached hydrogens (tertiary/aromatic N) is 1. The lowest BCUT2D eigenvalue weighted by Crippen LogP contribution is -2.42. The molecule has 150 valence electrons. The molecule has 0 spiro atoms. The molecule has 4 rings (SSSR count). The van der Waals surface area contributed by atoms with Crippen LogP contribution >= 0.6 is 0 Å². The van der Waals surface area contributed by atoms with Crippen LogP contribution in [-0.4, -0.2) is 44.8 Å². The van der Waals surface area contributed by atoms with Crippen LogP contribution < -0.4 is 20.7 Å². The lowest BCUT2D eigenvalue weighted by Gasteiger charge is -2.28. The van der Waals surface area contributed by atoms with Gasteiger partial charge in [-0.05, 0) is 62.1 Å². The summed E-state index contributed by atoms with van der Waals surface area (Å²) in [7, 11) is 0. The van der Waals surface area contributed by atoms with Crippen LogP contribution in [0.2, 0.25) is 0 Å². The molecule has 0 saturated carbocycles. The Bertz CT molecular complexity index is 807. The molecule has 7 heteroatoms. The Labute approximate surface area is 164 Å². The zero-order valence-electron chi connectivity index (χ0n) is 16.0. The van der Waals surface area contributed by atoms with E-state index in [0.717, 1.165) is 75.7 Å². The molecule has 1 aromatic heterocycles. The van der Waals surface area contributed by atoms with Gasteiger partial charge in [-0.25, -0.2) is 4.39 Å². The molecule has 3 N–H and O–H groups in total. The van der Waals surface area contributed by atoms with Crippen LogP contribution in [0.3, 0.4) is 0 Å². The number of aliphatic imine (C=N–C) groups is 1. The number of rotatable bonds is 7. The second kappa shape index (κ2) is 9.10. The maximum absolute atomic E-state index is 14.0. The summed E-state index contributed by atoms with van der Waals surface area (Å²) >= 11 is 0. The van der Waals surface area contributed by atoms with Gasteiger partial charge in [0, 0.05) is 26.2 Å². The van der Waals surface area contributed by atoms with Gasteiger partial charge in [-0.2, -0.15) is 0 Å². The predicted octanol–water partition coefficient (Wildman–Crippen LogP) is 2.70. The SMILES string of the molecule is Fc1cc2c(c(-c3ccco3)c1)OC(CNCCCNC1=NCCCN1)CC2. The summed E-state index contributed by atoms with van der Waals surface area (Å²) < 4.78 is 25.6. The van der Waals surface area contributed by atoms with Crippen molar-refractivity contribution in [1.29, 1.82) is 0 Å². The molecule has 0 amide bonds. The highest BCUT2D eigenvalue weighted by atomic mass is 19.1. The van der Waals surface area contributed by atoms with E-state index in [1.807, 2.05) is 6.07 Å². The maximum atomic E-state index is 14.0. The number of ether oxygens (including phenoxy) is 1. The number of hydrogen-bond acceptors (Lipinski definition) is 6. The molecule has 3 heterocycles. The number of furan rings is 1. The third-order valence-electron chi connectivity index (χ3n) is 5.03. The molecule has 1 atom stereocenters. The van der Waals surface area contributed by atoms with Gasteiger partial charge in [-0.15, -0.1) is 0 Å². The van der Waals surface area contributed by atoms with Crippen molar-refractivity contribution in [1.82, 2.24) is 16.0 Å². The number of halogens is 1. The van der Waals surface area contributed by atoms with Crippen LogP contribution in [0.25, 0.3) is 11.3 Å². The first-order chi connectivity index (χ1) is 13.8. The van der Waals surface area contributed by atoms with Crippen LogP contribution in [0.4, 0.5) is 4.39 Å². The Morgan fingerprint density at radius 2 is 2.25 bits per heavy atom. The van der Waals surface area contributed by atoms with Gasteiger partial charge in [0.15, 0.2) is 5.96 Å². The lowest BCUT2D eigenvalue weighted by molar-refractivity contribution is 0.171. The second-order valence-corrected chi connectivity index (χ2v) is 7.19. The van der Waals surface area contributed by atoms with E-state index in [2.05, 4.69) is 20.9 Å². The minimum Gasteiger partial charge on any atom is -0.488 e. The smallest absolute Gasteiger partial charge is 0.191 e. The van der Waals surface area contributed by atoms with E-state index in [9.17, 15) is 4.39 Å². The van der Waals surface area contributed by atoms with Crippen molar-refractivity contribution >= 4 is 5.96 Å². The van der Waals surface area contributed by atoms with Gasteiger partial charge in [-0.1, -0.05) is 0 Å². The molecule has 2 aliphatic rings. The van der Waals surface area contributed by atoms with Crippen molar-refractivity contribution in [3.8, 4) is 17.1 Å². The summed E-state index contributed by atoms with van der Waals surface area (Å²) in [6, 6.07) is 6.69. The molecule has 1 aromatic carbocycles. The van der Waals surface area contributed by atoms with Gasteiger partial charge in [0.1, 0.15) is 23.4 Å². The fraction of sp³-hybridized carbons (Fsp3) is 0.476. The molecular weight excluding hydrogens is 359 g/mol. The summed E-state index contributed by atoms with van der Waals surface area (Å²) in [4.78, 5) is 4.40. The highest BCUT2D eigenvalue weighted by Crippen LogP contribution is 2.38. The van der Waals surface area contributed by atoms with E-state index in [1.54, 1.807) is 18.4 Å². The van der Waals surface area contributed by atoms with E-state index >= 15 is 0 Å². The molecule has 2 aromatic rings. The van der Waals surface area contributed by atoms with Crippen molar-refractivity contribution in [3.05, 3.63) is 41.9 Å². The molecule has 0 aliphatic carbocycles. The second-order valence-electron chi connectivity index (χ2n) is 7.19. The quantitative estimate of drug-likeness (QED) is 0.639. The average molecular weight is 386 g/mol. The summed E-state index contributed by atoms with van der Waals surface area (Å²) in [5, 5.41) is 10.0. The summed E-state index contributed by atoms with van der Waals surface area (Å²) in [6.07, 6.45) is 5.46. The summed E-state index contributed by atoms with van der Waals surface area (Å²) in [6.45, 7) is 4.45. The number of aryl methyl sites for hydroxylation is 1. The van der Waals surface area contributed by atoms with E-state index in [4.69, 9.17) is 9.15 Å². The van der Waals surface area contributed by atoms with Gasteiger partial charge < -0.3 is 25.1 Å². The van der Waals surface area contributed by atoms with Crippen LogP contribution in [-0.2, 0) is 6.42 Å². The van der Waals surface area contributed by atoms with E-state index in [0.29, 0.717) is 11.3 Å². The number of nitrogens with one attached hydrogen (secondary N) is 3. The molecule has 0 bridgehead atoms. The number of hydrogen-bond donors (Lipinski definition) is 3. The summed E-state index contributed by atoms with van der Waals surface area (Å²) in [5.41, 5.74) is 1.60. The first kappa shape index (κ1) is 18.8. The molecule has 6 nitrogen and oxygen atoms in total. The van der Waals surface area contributed by atoms with E-state index < -0.39 is 0 Å². The molecular formula is C21H27FN4O2. The van der Waals surface area contributed by atoms with Gasteiger partial charge >= 0.3 is 0 Å². The first-order valence-electron chi connectivity index (χ1n) is 10.1. The van der Waals surface area contributed by atoms with Gasteiger partial charge in [0.2, 0.25) is 0 Å². The fourth-order valence-corrected chi connectivity index (χ4v) is 3.61. The van der Waals surface area contributed by atoms with Crippen molar-refractivity contribution < 1.29 is 13.5 Å². The zero-order chi connectivity index (χ0) is 19.2. The Morgan fingerprint density at radius 1 is 1.29 bits per heavy atom. The normalized spacial score (nSPS) is 18.6. The van der Waals surface area contributed by atoms with Gasteiger partial charge in [-0.3, -0.25) is 4.99 Å². The number of guanidine groups is 1. The third kappa shape index (κ3) is 4.65. The summed E-state index contributed by atoms with van der Waals surface area (Å²) in [5.74, 6) is 2.04. The van der Waals surface area contributed by atoms with Crippen molar-refractivity contribution in [3.63, 3.8) is 0 Å². The van der Waals surface area contributed by atoms with E-state index in [1.165, 1.54) is 6.07 Å². The van der Waals surface area contributed by atoms with Crippen molar-refractivity contribution in [2.75, 3.05) is 32.7 Å². The minimum atomic E-state index is -0.255. The highest BCUT2D eigenvalue weighted by Gasteiger charge is 2.24. The molecule has 0 fully saturated rings. The zero-order valence-corrected chi connectivity index (χ0v) is 16.0. The van der Waals surface area contributed by atoms with Crippen molar-refractivity contribution in [2.45, 2.75) is 31.8 Å². The third-order valence-corrected chi connectivity index (χ3v) is 5.03. The van der Waals surface area contributed by atoms with Crippen molar-refractivity contribution in [2.24, 2.45) is 4.99 Å². The van der Waals surface area contributed by atoms with Gasteiger partial charge in [0.25, 0.3) is 0 Å². The van der Waals surface area contributed by atoms with E-state index in [-0.39, 0.29) is 11.9 Å². The number of benzene rings is 1. The highest BCUT2D eigenvalue weighted by molar-refractivity contribution is 5.80. The number of fused-ring (bicyclic) bond motifs is 1. The Hall–Kier alpha value is -2.54. The van der Waals surface area contributed by atoms with Crippen LogP contribution in [0, 0.1) is 5.82 Å². The topological polar surface area (TPSA) is 70.8 Å². The van der Waals surface area contributed by atoms with Crippen LogP contribution in [0.1, 0.15) is 24.8 Å². The molecule has 0 saturated heterocycles. The Morgan fingerprint density at radius 3 is 3.07 bits per heavy atom. The molecule has 1 unspecified atom stereocenters. The molecule has 28 heavy (non-hydrogen) atoms. The first-order valence-corrected chi connectivity index (χ1v) is 10.1.